The first kappa shape index (κ1) is 10.7. The molecule has 1 aromatic heterocycles. The lowest BCUT2D eigenvalue weighted by atomic mass is 10.1. The predicted octanol–water partition coefficient (Wildman–Crippen LogP) is 2.53. The first-order valence-corrected chi connectivity index (χ1v) is 5.35. The van der Waals surface area contributed by atoms with Gasteiger partial charge in [0.1, 0.15) is 0 Å². The van der Waals surface area contributed by atoms with Crippen LogP contribution >= 0.6 is 0 Å². The van der Waals surface area contributed by atoms with Gasteiger partial charge in [-0.25, -0.2) is 4.79 Å². The van der Waals surface area contributed by atoms with Crippen molar-refractivity contribution in [1.29, 1.82) is 0 Å². The first-order valence-electron chi connectivity index (χ1n) is 5.35. The van der Waals surface area contributed by atoms with E-state index < -0.39 is 0 Å². The van der Waals surface area contributed by atoms with E-state index in [1.165, 1.54) is 7.11 Å². The van der Waals surface area contributed by atoms with E-state index in [1.807, 2.05) is 38.2 Å². The fraction of sp³-hybridized carbons (Fsp3) is 0.308. The zero-order valence-electron chi connectivity index (χ0n) is 9.78. The molecule has 0 N–H and O–H groups in total. The van der Waals surface area contributed by atoms with Crippen molar-refractivity contribution in [2.24, 2.45) is 7.05 Å². The van der Waals surface area contributed by atoms with Crippen molar-refractivity contribution in [3.8, 4) is 0 Å². The van der Waals surface area contributed by atoms with Crippen LogP contribution < -0.4 is 0 Å². The van der Waals surface area contributed by atoms with Crippen LogP contribution in [0.5, 0.6) is 0 Å². The summed E-state index contributed by atoms with van der Waals surface area (Å²) in [7, 11) is 3.40. The lowest BCUT2D eigenvalue weighted by molar-refractivity contribution is 0.0601. The van der Waals surface area contributed by atoms with Gasteiger partial charge in [-0.3, -0.25) is 0 Å². The van der Waals surface area contributed by atoms with Crippen LogP contribution in [0.15, 0.2) is 24.3 Å². The molecule has 3 heteroatoms. The molecule has 0 unspecified atom stereocenters. The van der Waals surface area contributed by atoms with Crippen molar-refractivity contribution in [3.05, 3.63) is 35.5 Å². The summed E-state index contributed by atoms with van der Waals surface area (Å²) in [4.78, 5) is 11.8. The van der Waals surface area contributed by atoms with E-state index in [9.17, 15) is 4.79 Å². The molecule has 0 radical (unpaired) electrons. The highest BCUT2D eigenvalue weighted by molar-refractivity contribution is 6.05. The molecule has 0 aliphatic heterocycles. The summed E-state index contributed by atoms with van der Waals surface area (Å²) < 4.78 is 6.91. The minimum absolute atomic E-state index is 0.256. The summed E-state index contributed by atoms with van der Waals surface area (Å²) >= 11 is 0. The Kier molecular flexibility index (Phi) is 2.69. The number of hydrogen-bond acceptors (Lipinski definition) is 2. The molecular weight excluding hydrogens is 202 g/mol. The van der Waals surface area contributed by atoms with Crippen LogP contribution in [-0.4, -0.2) is 17.6 Å². The number of methoxy groups -OCH3 is 1. The van der Waals surface area contributed by atoms with E-state index in [4.69, 9.17) is 4.74 Å². The highest BCUT2D eigenvalue weighted by Crippen LogP contribution is 2.26. The number of hydrogen-bond donors (Lipinski definition) is 0. The van der Waals surface area contributed by atoms with E-state index in [1.54, 1.807) is 0 Å². The molecule has 1 aromatic carbocycles. The third-order valence-corrected chi connectivity index (χ3v) is 2.95. The van der Waals surface area contributed by atoms with E-state index in [0.29, 0.717) is 5.56 Å². The van der Waals surface area contributed by atoms with Gasteiger partial charge in [-0.1, -0.05) is 25.1 Å². The van der Waals surface area contributed by atoms with Gasteiger partial charge in [0, 0.05) is 23.6 Å². The number of esters is 1. The van der Waals surface area contributed by atoms with E-state index >= 15 is 0 Å². The fourth-order valence-electron chi connectivity index (χ4n) is 2.19. The molecule has 0 aliphatic carbocycles. The SMILES string of the molecule is CCc1c(C(=O)OC)c2ccccc2n1C. The van der Waals surface area contributed by atoms with Gasteiger partial charge in [0.2, 0.25) is 0 Å². The molecule has 0 bridgehead atoms. The minimum Gasteiger partial charge on any atom is -0.465 e. The topological polar surface area (TPSA) is 31.2 Å². The number of nitrogens with zero attached hydrogens (tertiary/aromatic N) is 1. The van der Waals surface area contributed by atoms with Crippen molar-refractivity contribution in [3.63, 3.8) is 0 Å². The largest absolute Gasteiger partial charge is 0.465 e. The Hall–Kier alpha value is -1.77. The summed E-state index contributed by atoms with van der Waals surface area (Å²) in [5.41, 5.74) is 2.79. The molecular formula is C13H15NO2. The number of aryl methyl sites for hydroxylation is 1. The second-order valence-corrected chi connectivity index (χ2v) is 3.74. The van der Waals surface area contributed by atoms with Crippen LogP contribution in [0, 0.1) is 0 Å². The average molecular weight is 217 g/mol. The number of carbonyl (C=O) groups excluding carboxylic acids is 1. The second-order valence-electron chi connectivity index (χ2n) is 3.74. The van der Waals surface area contributed by atoms with Gasteiger partial charge in [0.25, 0.3) is 0 Å². The van der Waals surface area contributed by atoms with Gasteiger partial charge in [-0.05, 0) is 12.5 Å². The fourth-order valence-corrected chi connectivity index (χ4v) is 2.19. The molecule has 0 amide bonds. The maximum absolute atomic E-state index is 11.8. The second kappa shape index (κ2) is 4.00. The third kappa shape index (κ3) is 1.40. The van der Waals surface area contributed by atoms with E-state index in [-0.39, 0.29) is 5.97 Å². The first-order chi connectivity index (χ1) is 7.70. The molecule has 0 atom stereocenters. The van der Waals surface area contributed by atoms with Crippen molar-refractivity contribution in [1.82, 2.24) is 4.57 Å². The minimum atomic E-state index is -0.256. The lowest BCUT2D eigenvalue weighted by Crippen LogP contribution is -2.05. The quantitative estimate of drug-likeness (QED) is 0.724. The van der Waals surface area contributed by atoms with Crippen LogP contribution in [0.3, 0.4) is 0 Å². The number of fused-ring (bicyclic) bond motifs is 1. The summed E-state index contributed by atoms with van der Waals surface area (Å²) in [5.74, 6) is -0.256. The van der Waals surface area contributed by atoms with Crippen LogP contribution in [0.4, 0.5) is 0 Å². The third-order valence-electron chi connectivity index (χ3n) is 2.95. The summed E-state index contributed by atoms with van der Waals surface area (Å²) in [6.07, 6.45) is 0.815. The number of benzene rings is 1. The Morgan fingerprint density at radius 1 is 1.38 bits per heavy atom. The predicted molar refractivity (Wildman–Crippen MR) is 63.6 cm³/mol. The van der Waals surface area contributed by atoms with Crippen molar-refractivity contribution in [2.75, 3.05) is 7.11 Å². The zero-order valence-corrected chi connectivity index (χ0v) is 9.78. The van der Waals surface area contributed by atoms with Crippen LogP contribution in [-0.2, 0) is 18.2 Å². The normalized spacial score (nSPS) is 10.7. The van der Waals surface area contributed by atoms with Gasteiger partial charge < -0.3 is 9.30 Å². The Morgan fingerprint density at radius 2 is 2.06 bits per heavy atom. The average Bonchev–Trinajstić information content (AvgIpc) is 2.62. The number of para-hydroxylation sites is 1. The summed E-state index contributed by atoms with van der Waals surface area (Å²) in [5, 5.41) is 0.966. The maximum Gasteiger partial charge on any atom is 0.340 e. The Morgan fingerprint density at radius 3 is 2.69 bits per heavy atom. The Bertz CT molecular complexity index is 540. The number of ether oxygens (including phenoxy) is 1. The van der Waals surface area contributed by atoms with Gasteiger partial charge in [0.15, 0.2) is 0 Å². The number of aromatic nitrogens is 1. The van der Waals surface area contributed by atoms with Crippen molar-refractivity contribution < 1.29 is 9.53 Å². The monoisotopic (exact) mass is 217 g/mol. The molecule has 0 saturated carbocycles. The number of rotatable bonds is 2. The van der Waals surface area contributed by atoms with E-state index in [0.717, 1.165) is 23.0 Å². The van der Waals surface area contributed by atoms with Crippen LogP contribution in [0.1, 0.15) is 23.0 Å². The van der Waals surface area contributed by atoms with Crippen LogP contribution in [0.2, 0.25) is 0 Å². The molecule has 16 heavy (non-hydrogen) atoms. The van der Waals surface area contributed by atoms with Gasteiger partial charge in [-0.15, -0.1) is 0 Å². The zero-order chi connectivity index (χ0) is 11.7. The Balaban J connectivity index is 2.83. The molecule has 1 heterocycles. The van der Waals surface area contributed by atoms with Gasteiger partial charge >= 0.3 is 5.97 Å². The Labute approximate surface area is 94.6 Å². The highest BCUT2D eigenvalue weighted by Gasteiger charge is 2.19. The van der Waals surface area contributed by atoms with E-state index in [2.05, 4.69) is 4.57 Å². The standard InChI is InChI=1S/C13H15NO2/c1-4-10-12(13(15)16-3)9-7-5-6-8-11(9)14(10)2/h5-8H,4H2,1-3H3. The molecule has 0 aliphatic rings. The lowest BCUT2D eigenvalue weighted by Gasteiger charge is -2.03. The molecule has 2 aromatic rings. The molecule has 0 fully saturated rings. The maximum atomic E-state index is 11.8. The summed E-state index contributed by atoms with van der Waals surface area (Å²) in [6.45, 7) is 2.04. The van der Waals surface area contributed by atoms with Crippen molar-refractivity contribution >= 4 is 16.9 Å². The highest BCUT2D eigenvalue weighted by atomic mass is 16.5. The molecule has 2 rings (SSSR count). The number of carbonyl (C=O) groups is 1. The van der Waals surface area contributed by atoms with Gasteiger partial charge in [-0.2, -0.15) is 0 Å². The van der Waals surface area contributed by atoms with Crippen LogP contribution in [0.25, 0.3) is 10.9 Å². The smallest absolute Gasteiger partial charge is 0.340 e. The molecule has 0 saturated heterocycles. The van der Waals surface area contributed by atoms with Crippen molar-refractivity contribution in [2.45, 2.75) is 13.3 Å². The molecule has 0 spiro atoms. The molecule has 3 nitrogen and oxygen atoms in total. The molecule has 84 valence electrons. The van der Waals surface area contributed by atoms with Gasteiger partial charge in [0.05, 0.1) is 12.7 Å². The summed E-state index contributed by atoms with van der Waals surface area (Å²) in [6, 6.07) is 7.89.